The lowest BCUT2D eigenvalue weighted by Crippen LogP contribution is -2.47. The average molecular weight is 335 g/mol. The van der Waals surface area contributed by atoms with Crippen LogP contribution in [-0.4, -0.2) is 62.8 Å². The van der Waals surface area contributed by atoms with Crippen molar-refractivity contribution < 1.29 is 14.3 Å². The van der Waals surface area contributed by atoms with Crippen LogP contribution in [0.3, 0.4) is 0 Å². The Bertz CT molecular complexity index is 500. The van der Waals surface area contributed by atoms with Gasteiger partial charge in [-0.2, -0.15) is 0 Å². The molecule has 1 saturated heterocycles. The van der Waals surface area contributed by atoms with Crippen molar-refractivity contribution in [2.45, 2.75) is 26.5 Å². The van der Waals surface area contributed by atoms with E-state index in [1.165, 1.54) is 0 Å². The predicted octanol–water partition coefficient (Wildman–Crippen LogP) is 1.01. The van der Waals surface area contributed by atoms with Crippen molar-refractivity contribution in [3.05, 3.63) is 29.8 Å². The van der Waals surface area contributed by atoms with E-state index in [4.69, 9.17) is 9.47 Å². The molecule has 0 aromatic heterocycles. The highest BCUT2D eigenvalue weighted by Gasteiger charge is 2.21. The number of carbonyl (C=O) groups is 1. The molecule has 6 nitrogen and oxygen atoms in total. The summed E-state index contributed by atoms with van der Waals surface area (Å²) in [5, 5.41) is 6.10. The number of hydrogen-bond acceptors (Lipinski definition) is 5. The van der Waals surface area contributed by atoms with Gasteiger partial charge in [-0.1, -0.05) is 32.0 Å². The zero-order valence-electron chi connectivity index (χ0n) is 14.7. The van der Waals surface area contributed by atoms with Crippen molar-refractivity contribution in [2.24, 2.45) is 0 Å². The molecule has 6 heteroatoms. The third-order valence-corrected chi connectivity index (χ3v) is 4.21. The first-order chi connectivity index (χ1) is 11.7. The van der Waals surface area contributed by atoms with Gasteiger partial charge in [0.2, 0.25) is 0 Å². The zero-order chi connectivity index (χ0) is 17.2. The average Bonchev–Trinajstić information content (AvgIpc) is 2.65. The normalized spacial score (nSPS) is 17.7. The van der Waals surface area contributed by atoms with E-state index in [0.29, 0.717) is 26.3 Å². The number of para-hydroxylation sites is 1. The number of rotatable bonds is 9. The summed E-state index contributed by atoms with van der Waals surface area (Å²) in [7, 11) is 0. The van der Waals surface area contributed by atoms with E-state index in [-0.39, 0.29) is 5.91 Å². The number of likely N-dealkylation sites (N-methyl/N-ethyl adjacent to an activating group) is 1. The number of nitrogens with zero attached hydrogens (tertiary/aromatic N) is 1. The number of ether oxygens (including phenoxy) is 2. The molecule has 2 N–H and O–H groups in total. The Kier molecular flexibility index (Phi) is 8.01. The van der Waals surface area contributed by atoms with E-state index in [0.717, 1.165) is 37.5 Å². The van der Waals surface area contributed by atoms with E-state index in [1.807, 2.05) is 24.3 Å². The fourth-order valence-electron chi connectivity index (χ4n) is 2.65. The van der Waals surface area contributed by atoms with Crippen LogP contribution >= 0.6 is 0 Å². The standard InChI is InChI=1S/C18H29N3O3/c1-3-21(4-2)10-12-24-16-8-6-5-7-15(16)13-20-18(22)17-14-19-9-11-23-17/h5-8,17,19H,3-4,9-14H2,1-2H3,(H,20,22). The Morgan fingerprint density at radius 1 is 1.38 bits per heavy atom. The minimum absolute atomic E-state index is 0.0832. The summed E-state index contributed by atoms with van der Waals surface area (Å²) in [6.07, 6.45) is -0.408. The lowest BCUT2D eigenvalue weighted by atomic mass is 10.2. The van der Waals surface area contributed by atoms with Crippen molar-refractivity contribution >= 4 is 5.91 Å². The highest BCUT2D eigenvalue weighted by molar-refractivity contribution is 5.81. The molecule has 2 rings (SSSR count). The van der Waals surface area contributed by atoms with Crippen molar-refractivity contribution in [2.75, 3.05) is 45.9 Å². The van der Waals surface area contributed by atoms with Crippen LogP contribution in [0.15, 0.2) is 24.3 Å². The Morgan fingerprint density at radius 2 is 2.17 bits per heavy atom. The first-order valence-corrected chi connectivity index (χ1v) is 8.77. The lowest BCUT2D eigenvalue weighted by Gasteiger charge is -2.23. The van der Waals surface area contributed by atoms with Crippen LogP contribution in [-0.2, 0) is 16.1 Å². The van der Waals surface area contributed by atoms with Gasteiger partial charge in [-0.05, 0) is 19.2 Å². The van der Waals surface area contributed by atoms with Crippen LogP contribution < -0.4 is 15.4 Å². The molecule has 1 aromatic carbocycles. The van der Waals surface area contributed by atoms with Crippen LogP contribution in [0.2, 0.25) is 0 Å². The number of hydrogen-bond donors (Lipinski definition) is 2. The minimum atomic E-state index is -0.408. The van der Waals surface area contributed by atoms with E-state index in [1.54, 1.807) is 0 Å². The largest absolute Gasteiger partial charge is 0.492 e. The Labute approximate surface area is 144 Å². The number of amides is 1. The SMILES string of the molecule is CCN(CC)CCOc1ccccc1CNC(=O)C1CNCCO1. The van der Waals surface area contributed by atoms with Crippen LogP contribution in [0.1, 0.15) is 19.4 Å². The molecule has 1 unspecified atom stereocenters. The van der Waals surface area contributed by atoms with Gasteiger partial charge in [0, 0.05) is 31.7 Å². The summed E-state index contributed by atoms with van der Waals surface area (Å²) in [4.78, 5) is 14.5. The fraction of sp³-hybridized carbons (Fsp3) is 0.611. The van der Waals surface area contributed by atoms with Gasteiger partial charge in [-0.25, -0.2) is 0 Å². The molecule has 0 bridgehead atoms. The smallest absolute Gasteiger partial charge is 0.250 e. The molecule has 1 heterocycles. The van der Waals surface area contributed by atoms with Gasteiger partial charge in [-0.15, -0.1) is 0 Å². The van der Waals surface area contributed by atoms with Crippen molar-refractivity contribution in [1.82, 2.24) is 15.5 Å². The Morgan fingerprint density at radius 3 is 2.88 bits per heavy atom. The maximum atomic E-state index is 12.1. The molecule has 0 aliphatic carbocycles. The molecule has 1 fully saturated rings. The summed E-state index contributed by atoms with van der Waals surface area (Å²) in [5.74, 6) is 0.743. The topological polar surface area (TPSA) is 62.8 Å². The molecule has 0 radical (unpaired) electrons. The molecular weight excluding hydrogens is 306 g/mol. The van der Waals surface area contributed by atoms with Gasteiger partial charge in [-0.3, -0.25) is 4.79 Å². The molecule has 1 aliphatic heterocycles. The van der Waals surface area contributed by atoms with Gasteiger partial charge < -0.3 is 25.0 Å². The fourth-order valence-corrected chi connectivity index (χ4v) is 2.65. The van der Waals surface area contributed by atoms with E-state index < -0.39 is 6.10 Å². The number of carbonyl (C=O) groups excluding carboxylic acids is 1. The van der Waals surface area contributed by atoms with Gasteiger partial charge >= 0.3 is 0 Å². The maximum absolute atomic E-state index is 12.1. The third-order valence-electron chi connectivity index (χ3n) is 4.21. The third kappa shape index (κ3) is 5.78. The zero-order valence-corrected chi connectivity index (χ0v) is 14.7. The van der Waals surface area contributed by atoms with E-state index in [9.17, 15) is 4.79 Å². The summed E-state index contributed by atoms with van der Waals surface area (Å²) in [5.41, 5.74) is 0.981. The molecule has 1 aliphatic rings. The number of benzene rings is 1. The second kappa shape index (κ2) is 10.3. The van der Waals surface area contributed by atoms with Gasteiger partial charge in [0.1, 0.15) is 18.5 Å². The van der Waals surface area contributed by atoms with Crippen molar-refractivity contribution in [3.63, 3.8) is 0 Å². The van der Waals surface area contributed by atoms with E-state index >= 15 is 0 Å². The van der Waals surface area contributed by atoms with Gasteiger partial charge in [0.05, 0.1) is 6.61 Å². The van der Waals surface area contributed by atoms with Crippen LogP contribution in [0.25, 0.3) is 0 Å². The molecule has 1 aromatic rings. The second-order valence-corrected chi connectivity index (χ2v) is 5.76. The van der Waals surface area contributed by atoms with Crippen LogP contribution in [0.5, 0.6) is 5.75 Å². The lowest BCUT2D eigenvalue weighted by molar-refractivity contribution is -0.134. The highest BCUT2D eigenvalue weighted by atomic mass is 16.5. The quantitative estimate of drug-likeness (QED) is 0.705. The highest BCUT2D eigenvalue weighted by Crippen LogP contribution is 2.17. The summed E-state index contributed by atoms with van der Waals surface area (Å²) in [6, 6.07) is 7.83. The van der Waals surface area contributed by atoms with Crippen LogP contribution in [0.4, 0.5) is 0 Å². The molecule has 1 atom stereocenters. The molecule has 0 saturated carbocycles. The summed E-state index contributed by atoms with van der Waals surface area (Å²) < 4.78 is 11.4. The molecule has 1 amide bonds. The first kappa shape index (κ1) is 18.7. The molecule has 0 spiro atoms. The molecular formula is C18H29N3O3. The Hall–Kier alpha value is -1.63. The number of nitrogens with one attached hydrogen (secondary N) is 2. The van der Waals surface area contributed by atoms with Gasteiger partial charge in [0.25, 0.3) is 5.91 Å². The molecule has 134 valence electrons. The monoisotopic (exact) mass is 335 g/mol. The second-order valence-electron chi connectivity index (χ2n) is 5.76. The predicted molar refractivity (Wildman–Crippen MR) is 94.2 cm³/mol. The van der Waals surface area contributed by atoms with Crippen molar-refractivity contribution in [1.29, 1.82) is 0 Å². The first-order valence-electron chi connectivity index (χ1n) is 8.77. The van der Waals surface area contributed by atoms with Gasteiger partial charge in [0.15, 0.2) is 0 Å². The van der Waals surface area contributed by atoms with Crippen LogP contribution in [0, 0.1) is 0 Å². The molecule has 24 heavy (non-hydrogen) atoms. The maximum Gasteiger partial charge on any atom is 0.250 e. The minimum Gasteiger partial charge on any atom is -0.492 e. The summed E-state index contributed by atoms with van der Waals surface area (Å²) in [6.45, 7) is 10.3. The van der Waals surface area contributed by atoms with Crippen molar-refractivity contribution in [3.8, 4) is 5.75 Å². The Balaban J connectivity index is 1.83. The number of morpholine rings is 1. The van der Waals surface area contributed by atoms with E-state index in [2.05, 4.69) is 29.4 Å². The summed E-state index contributed by atoms with van der Waals surface area (Å²) >= 11 is 0.